The highest BCUT2D eigenvalue weighted by molar-refractivity contribution is 6.45. The lowest BCUT2D eigenvalue weighted by atomic mass is 9.84. The first kappa shape index (κ1) is 19.3. The lowest BCUT2D eigenvalue weighted by Crippen LogP contribution is -2.52. The first-order valence-corrected chi connectivity index (χ1v) is 9.75. The van der Waals surface area contributed by atoms with E-state index in [0.717, 1.165) is 43.0 Å². The third kappa shape index (κ3) is 3.77. The molecule has 0 saturated carbocycles. The molecule has 1 fully saturated rings. The first-order valence-electron chi connectivity index (χ1n) is 9.75. The molecule has 2 aromatic rings. The molecule has 1 aromatic heterocycles. The summed E-state index contributed by atoms with van der Waals surface area (Å²) in [4.78, 5) is 19.5. The molecule has 1 aromatic carbocycles. The van der Waals surface area contributed by atoms with E-state index in [4.69, 9.17) is 14.8 Å². The highest BCUT2D eigenvalue weighted by Crippen LogP contribution is 2.39. The molecule has 6 nitrogen and oxygen atoms in total. The third-order valence-corrected chi connectivity index (χ3v) is 5.64. The number of fused-ring (bicyclic) bond motifs is 2. The molecule has 2 heterocycles. The fourth-order valence-corrected chi connectivity index (χ4v) is 4.19. The maximum atomic E-state index is 9.91. The number of piperazine rings is 1. The monoisotopic (exact) mass is 379 g/mol. The van der Waals surface area contributed by atoms with Crippen molar-refractivity contribution < 1.29 is 14.8 Å². The van der Waals surface area contributed by atoms with E-state index in [9.17, 15) is 5.02 Å². The second-order valence-corrected chi connectivity index (χ2v) is 7.27. The Hall–Kier alpha value is -2.03. The minimum Gasteiger partial charge on any atom is -0.437 e. The quantitative estimate of drug-likeness (QED) is 0.489. The van der Waals surface area contributed by atoms with E-state index in [1.807, 2.05) is 19.1 Å². The van der Waals surface area contributed by atoms with Gasteiger partial charge in [-0.2, -0.15) is 0 Å². The van der Waals surface area contributed by atoms with Gasteiger partial charge in [-0.05, 0) is 35.7 Å². The van der Waals surface area contributed by atoms with E-state index in [2.05, 4.69) is 46.1 Å². The van der Waals surface area contributed by atoms with Gasteiger partial charge in [0.25, 0.3) is 0 Å². The summed E-state index contributed by atoms with van der Waals surface area (Å²) in [6.07, 6.45) is 4.04. The molecular weight excluding hydrogens is 353 g/mol. The normalized spacial score (nSPS) is 20.1. The topological polar surface area (TPSA) is 58.1 Å². The Morgan fingerprint density at radius 1 is 1.14 bits per heavy atom. The van der Waals surface area contributed by atoms with Crippen molar-refractivity contribution in [1.82, 2.24) is 14.7 Å². The van der Waals surface area contributed by atoms with Gasteiger partial charge in [-0.15, -0.1) is 0 Å². The van der Waals surface area contributed by atoms with Crippen molar-refractivity contribution in [3.63, 3.8) is 0 Å². The summed E-state index contributed by atoms with van der Waals surface area (Å²) in [6.45, 7) is 5.64. The standard InChI is InChI=1S/C21H26BN3O3/c1-22(26)25-12-10-24(11-13-25)21-19-7-4-3-6-16(19)14-17(15-28-27-2)18-8-5-9-23-20(18)21/h3-9,14,21,26H,10-13,15H2,1-2H3. The molecule has 28 heavy (non-hydrogen) atoms. The summed E-state index contributed by atoms with van der Waals surface area (Å²) in [5, 5.41) is 9.91. The highest BCUT2D eigenvalue weighted by atomic mass is 17.2. The maximum absolute atomic E-state index is 9.91. The first-order chi connectivity index (χ1) is 13.7. The zero-order valence-corrected chi connectivity index (χ0v) is 16.4. The van der Waals surface area contributed by atoms with Gasteiger partial charge in [-0.1, -0.05) is 30.3 Å². The summed E-state index contributed by atoms with van der Waals surface area (Å²) in [7, 11) is 1.12. The molecule has 1 aliphatic carbocycles. The van der Waals surface area contributed by atoms with Gasteiger partial charge >= 0.3 is 7.05 Å². The highest BCUT2D eigenvalue weighted by Gasteiger charge is 2.33. The number of pyridine rings is 1. The largest absolute Gasteiger partial charge is 0.437 e. The zero-order chi connectivity index (χ0) is 19.5. The van der Waals surface area contributed by atoms with E-state index in [-0.39, 0.29) is 6.04 Å². The summed E-state index contributed by atoms with van der Waals surface area (Å²) in [6, 6.07) is 12.6. The SMILES string of the molecule is COOCC1=Cc2ccccc2C(N2CCN(B(C)O)CC2)c2ncccc21. The van der Waals surface area contributed by atoms with Crippen molar-refractivity contribution in [3.05, 3.63) is 65.0 Å². The zero-order valence-electron chi connectivity index (χ0n) is 16.4. The van der Waals surface area contributed by atoms with Gasteiger partial charge in [0, 0.05) is 37.9 Å². The molecule has 1 N–H and O–H groups in total. The number of rotatable bonds is 5. The van der Waals surface area contributed by atoms with Crippen LogP contribution in [0.15, 0.2) is 42.6 Å². The smallest absolute Gasteiger partial charge is 0.376 e. The summed E-state index contributed by atoms with van der Waals surface area (Å²) in [5.74, 6) is 0. The van der Waals surface area contributed by atoms with Crippen LogP contribution in [0, 0.1) is 0 Å². The lowest BCUT2D eigenvalue weighted by molar-refractivity contribution is -0.261. The van der Waals surface area contributed by atoms with Crippen molar-refractivity contribution >= 4 is 18.7 Å². The molecule has 1 unspecified atom stereocenters. The average molecular weight is 379 g/mol. The van der Waals surface area contributed by atoms with Crippen LogP contribution in [0.5, 0.6) is 0 Å². The van der Waals surface area contributed by atoms with Crippen LogP contribution in [0.25, 0.3) is 11.6 Å². The van der Waals surface area contributed by atoms with E-state index >= 15 is 0 Å². The van der Waals surface area contributed by atoms with Gasteiger partial charge in [0.2, 0.25) is 0 Å². The van der Waals surface area contributed by atoms with Gasteiger partial charge < -0.3 is 9.83 Å². The molecule has 1 atom stereocenters. The molecule has 1 aliphatic heterocycles. The van der Waals surface area contributed by atoms with Crippen LogP contribution in [-0.2, 0) is 9.78 Å². The number of nitrogens with zero attached hydrogens (tertiary/aromatic N) is 3. The van der Waals surface area contributed by atoms with Gasteiger partial charge in [-0.3, -0.25) is 9.88 Å². The van der Waals surface area contributed by atoms with E-state index in [1.165, 1.54) is 18.2 Å². The molecular formula is C21H26BN3O3. The van der Waals surface area contributed by atoms with Crippen LogP contribution in [0.1, 0.15) is 28.4 Å². The van der Waals surface area contributed by atoms with E-state index in [1.54, 1.807) is 0 Å². The number of hydrogen-bond donors (Lipinski definition) is 1. The molecule has 0 bridgehead atoms. The minimum absolute atomic E-state index is 0.0693. The van der Waals surface area contributed by atoms with Crippen LogP contribution in [0.3, 0.4) is 0 Å². The second kappa shape index (κ2) is 8.55. The maximum Gasteiger partial charge on any atom is 0.376 e. The Bertz CT molecular complexity index is 850. The summed E-state index contributed by atoms with van der Waals surface area (Å²) >= 11 is 0. The Balaban J connectivity index is 1.76. The van der Waals surface area contributed by atoms with E-state index in [0.29, 0.717) is 6.61 Å². The lowest BCUT2D eigenvalue weighted by Gasteiger charge is -2.40. The minimum atomic E-state index is -0.409. The van der Waals surface area contributed by atoms with Crippen LogP contribution in [0.4, 0.5) is 0 Å². The van der Waals surface area contributed by atoms with Gasteiger partial charge in [-0.25, -0.2) is 9.78 Å². The van der Waals surface area contributed by atoms with E-state index < -0.39 is 7.05 Å². The second-order valence-electron chi connectivity index (χ2n) is 7.27. The Kier molecular flexibility index (Phi) is 5.89. The molecule has 0 radical (unpaired) electrons. The molecule has 1 saturated heterocycles. The molecule has 2 aliphatic rings. The van der Waals surface area contributed by atoms with Crippen molar-refractivity contribution in [2.45, 2.75) is 12.9 Å². The Labute approximate surface area is 166 Å². The Morgan fingerprint density at radius 3 is 2.68 bits per heavy atom. The van der Waals surface area contributed by atoms with Crippen molar-refractivity contribution in [2.24, 2.45) is 0 Å². The predicted octanol–water partition coefficient (Wildman–Crippen LogP) is 2.33. The Morgan fingerprint density at radius 2 is 1.93 bits per heavy atom. The number of benzene rings is 1. The number of aromatic nitrogens is 1. The molecule has 0 spiro atoms. The van der Waals surface area contributed by atoms with Crippen molar-refractivity contribution in [3.8, 4) is 0 Å². The third-order valence-electron chi connectivity index (χ3n) is 5.64. The van der Waals surface area contributed by atoms with Crippen LogP contribution in [-0.4, -0.2) is 66.7 Å². The fraction of sp³-hybridized carbons (Fsp3) is 0.381. The number of hydrogen-bond acceptors (Lipinski definition) is 6. The molecule has 7 heteroatoms. The van der Waals surface area contributed by atoms with Crippen LogP contribution in [0.2, 0.25) is 6.82 Å². The molecule has 146 valence electrons. The van der Waals surface area contributed by atoms with Crippen molar-refractivity contribution in [2.75, 3.05) is 39.9 Å². The van der Waals surface area contributed by atoms with Gasteiger partial charge in [0.05, 0.1) is 18.8 Å². The van der Waals surface area contributed by atoms with Crippen LogP contribution < -0.4 is 0 Å². The average Bonchev–Trinajstić information content (AvgIpc) is 2.86. The molecule has 0 amide bonds. The summed E-state index contributed by atoms with van der Waals surface area (Å²) < 4.78 is 0. The van der Waals surface area contributed by atoms with Gasteiger partial charge in [0.1, 0.15) is 6.61 Å². The van der Waals surface area contributed by atoms with Crippen molar-refractivity contribution in [1.29, 1.82) is 0 Å². The summed E-state index contributed by atoms with van der Waals surface area (Å²) in [5.41, 5.74) is 5.63. The fourth-order valence-electron chi connectivity index (χ4n) is 4.19. The molecule has 4 rings (SSSR count). The van der Waals surface area contributed by atoms with Crippen LogP contribution >= 0.6 is 0 Å². The van der Waals surface area contributed by atoms with Gasteiger partial charge in [0.15, 0.2) is 0 Å². The predicted molar refractivity (Wildman–Crippen MR) is 110 cm³/mol.